The van der Waals surface area contributed by atoms with Gasteiger partial charge in [-0.3, -0.25) is 14.4 Å². The van der Waals surface area contributed by atoms with Gasteiger partial charge in [-0.2, -0.15) is 16.3 Å². The van der Waals surface area contributed by atoms with Crippen molar-refractivity contribution in [1.82, 2.24) is 19.9 Å². The van der Waals surface area contributed by atoms with Crippen molar-refractivity contribution >= 4 is 51.1 Å². The Bertz CT molecular complexity index is 1850. The van der Waals surface area contributed by atoms with Crippen molar-refractivity contribution in [3.8, 4) is 5.69 Å². The molecule has 3 N–H and O–H groups in total. The van der Waals surface area contributed by atoms with Crippen LogP contribution in [0.2, 0.25) is 0 Å². The number of anilines is 3. The highest BCUT2D eigenvalue weighted by Crippen LogP contribution is 2.31. The van der Waals surface area contributed by atoms with Crippen LogP contribution in [0.4, 0.5) is 17.3 Å². The Kier molecular flexibility index (Phi) is 7.11. The van der Waals surface area contributed by atoms with Gasteiger partial charge in [-0.15, -0.1) is 0 Å². The second-order valence-electron chi connectivity index (χ2n) is 10.8. The highest BCUT2D eigenvalue weighted by molar-refractivity contribution is 7.08. The van der Waals surface area contributed by atoms with Gasteiger partial charge in [0, 0.05) is 47.5 Å². The van der Waals surface area contributed by atoms with E-state index in [1.807, 2.05) is 60.8 Å². The molecule has 2 aliphatic heterocycles. The van der Waals surface area contributed by atoms with Crippen molar-refractivity contribution < 1.29 is 0 Å². The number of nitrogens with zero attached hydrogens (tertiary/aromatic N) is 4. The number of benzene rings is 2. The highest BCUT2D eigenvalue weighted by Gasteiger charge is 2.23. The van der Waals surface area contributed by atoms with Crippen LogP contribution >= 0.6 is 11.3 Å². The van der Waals surface area contributed by atoms with Crippen LogP contribution < -0.4 is 21.5 Å². The van der Waals surface area contributed by atoms with Gasteiger partial charge in [0.2, 0.25) is 5.95 Å². The minimum Gasteiger partial charge on any atom is -0.381 e. The molecule has 1 saturated heterocycles. The molecule has 1 unspecified atom stereocenters. The summed E-state index contributed by atoms with van der Waals surface area (Å²) in [6.07, 6.45) is 4.85. The quantitative estimate of drug-likeness (QED) is 0.209. The third-order valence-corrected chi connectivity index (χ3v) is 8.44. The van der Waals surface area contributed by atoms with Gasteiger partial charge >= 0.3 is 0 Å². The van der Waals surface area contributed by atoms with E-state index < -0.39 is 0 Å². The number of aromatic nitrogens is 3. The Morgan fingerprint density at radius 1 is 1.05 bits per heavy atom. The minimum absolute atomic E-state index is 0.157. The van der Waals surface area contributed by atoms with Gasteiger partial charge in [-0.05, 0) is 91.2 Å². The maximum Gasteiger partial charge on any atom is 0.266 e. The Morgan fingerprint density at radius 2 is 1.88 bits per heavy atom. The molecule has 1 fully saturated rings. The number of pyridine rings is 1. The van der Waals surface area contributed by atoms with E-state index in [1.165, 1.54) is 12.8 Å². The summed E-state index contributed by atoms with van der Waals surface area (Å²) < 4.78 is 1.67. The predicted octanol–water partition coefficient (Wildman–Crippen LogP) is 6.37. The Labute approximate surface area is 247 Å². The van der Waals surface area contributed by atoms with Crippen molar-refractivity contribution in [3.63, 3.8) is 0 Å². The van der Waals surface area contributed by atoms with Gasteiger partial charge in [0.15, 0.2) is 5.65 Å². The molecule has 0 aliphatic carbocycles. The second kappa shape index (κ2) is 11.3. The van der Waals surface area contributed by atoms with Crippen LogP contribution in [0.3, 0.4) is 0 Å². The monoisotopic (exact) mass is 573 g/mol. The number of thiophene rings is 1. The fourth-order valence-electron chi connectivity index (χ4n) is 5.62. The summed E-state index contributed by atoms with van der Waals surface area (Å²) in [5, 5.41) is 15.3. The van der Waals surface area contributed by atoms with Crippen LogP contribution in [0.15, 0.2) is 99.0 Å². The third kappa shape index (κ3) is 5.24. The van der Waals surface area contributed by atoms with Crippen LogP contribution in [0, 0.1) is 0 Å². The van der Waals surface area contributed by atoms with Crippen molar-refractivity contribution in [2.75, 3.05) is 23.7 Å². The average molecular weight is 574 g/mol. The van der Waals surface area contributed by atoms with E-state index in [0.717, 1.165) is 64.5 Å². The van der Waals surface area contributed by atoms with Gasteiger partial charge in [-0.1, -0.05) is 18.2 Å². The summed E-state index contributed by atoms with van der Waals surface area (Å²) in [7, 11) is 0. The number of allylic oxidation sites excluding steroid dienone is 1. The Balaban J connectivity index is 1.24. The number of rotatable bonds is 7. The van der Waals surface area contributed by atoms with Crippen molar-refractivity contribution in [3.05, 3.63) is 111 Å². The summed E-state index contributed by atoms with van der Waals surface area (Å²) in [5.74, 6) is 0.422. The number of fused-ring (bicyclic) bond motifs is 1. The summed E-state index contributed by atoms with van der Waals surface area (Å²) in [4.78, 5) is 28.5. The van der Waals surface area contributed by atoms with E-state index in [1.54, 1.807) is 22.1 Å². The molecule has 0 radical (unpaired) electrons. The maximum atomic E-state index is 14.1. The lowest BCUT2D eigenvalue weighted by Crippen LogP contribution is -2.38. The molecular formula is C33H31N7OS. The first-order valence-electron chi connectivity index (χ1n) is 14.3. The van der Waals surface area contributed by atoms with Crippen molar-refractivity contribution in [1.29, 1.82) is 0 Å². The molecule has 3 aromatic heterocycles. The fraction of sp³-hybridized carbons (Fsp3) is 0.212. The topological polar surface area (TPSA) is 96.2 Å². The molecule has 2 aliphatic rings. The van der Waals surface area contributed by atoms with Gasteiger partial charge in [0.25, 0.3) is 5.56 Å². The fourth-order valence-corrected chi connectivity index (χ4v) is 6.29. The zero-order valence-electron chi connectivity index (χ0n) is 23.3. The van der Waals surface area contributed by atoms with Gasteiger partial charge in [0.05, 0.1) is 22.7 Å². The van der Waals surface area contributed by atoms with Crippen LogP contribution in [0.25, 0.3) is 22.4 Å². The Hall–Kier alpha value is -4.60. The molecular weight excluding hydrogens is 542 g/mol. The summed E-state index contributed by atoms with van der Waals surface area (Å²) >= 11 is 1.65. The van der Waals surface area contributed by atoms with Gasteiger partial charge in [0.1, 0.15) is 0 Å². The molecule has 2 aromatic carbocycles. The molecule has 0 spiro atoms. The smallest absolute Gasteiger partial charge is 0.266 e. The second-order valence-corrected chi connectivity index (χ2v) is 11.6. The van der Waals surface area contributed by atoms with Crippen LogP contribution in [0.1, 0.15) is 37.3 Å². The molecule has 42 heavy (non-hydrogen) atoms. The maximum absolute atomic E-state index is 14.1. The SMILES string of the molecule is CC1=C(c2cc3cnc(Nc4ccc(NC5CCCNC5)cc4)nc3n(-c3ccccc3)c2=O)N=C(c2ccsc2)C1. The highest BCUT2D eigenvalue weighted by atomic mass is 32.1. The number of aliphatic imine (C=N–C) groups is 1. The predicted molar refractivity (Wildman–Crippen MR) is 172 cm³/mol. The lowest BCUT2D eigenvalue weighted by atomic mass is 10.1. The number of nitrogens with one attached hydrogen (secondary N) is 3. The molecule has 8 nitrogen and oxygen atoms in total. The lowest BCUT2D eigenvalue weighted by Gasteiger charge is -2.24. The minimum atomic E-state index is -0.157. The summed E-state index contributed by atoms with van der Waals surface area (Å²) in [6, 6.07) is 22.2. The molecule has 9 heteroatoms. The normalized spacial score (nSPS) is 17.0. The van der Waals surface area contributed by atoms with Crippen molar-refractivity contribution in [2.24, 2.45) is 4.99 Å². The average Bonchev–Trinajstić information content (AvgIpc) is 3.69. The molecule has 210 valence electrons. The first-order valence-corrected chi connectivity index (χ1v) is 15.2. The molecule has 1 atom stereocenters. The first-order chi connectivity index (χ1) is 20.6. The summed E-state index contributed by atoms with van der Waals surface area (Å²) in [6.45, 7) is 4.12. The van der Waals surface area contributed by atoms with Gasteiger partial charge < -0.3 is 16.0 Å². The summed E-state index contributed by atoms with van der Waals surface area (Å²) in [5.41, 5.74) is 7.52. The van der Waals surface area contributed by atoms with Gasteiger partial charge in [-0.25, -0.2) is 4.98 Å². The first kappa shape index (κ1) is 26.3. The largest absolute Gasteiger partial charge is 0.381 e. The number of para-hydroxylation sites is 1. The molecule has 0 bridgehead atoms. The van der Waals surface area contributed by atoms with E-state index in [0.29, 0.717) is 23.2 Å². The van der Waals surface area contributed by atoms with E-state index in [9.17, 15) is 4.79 Å². The number of hydrogen-bond donors (Lipinski definition) is 3. The van der Waals surface area contributed by atoms with Crippen molar-refractivity contribution in [2.45, 2.75) is 32.2 Å². The molecule has 7 rings (SSSR count). The Morgan fingerprint density at radius 3 is 2.64 bits per heavy atom. The number of hydrogen-bond acceptors (Lipinski definition) is 8. The molecule has 5 heterocycles. The standard InChI is InChI=1S/C33H31N7OS/c1-21-16-29(22-13-15-42-20-22)38-30(21)28-17-23-18-35-33(39-31(23)40(32(28)41)27-7-3-2-4-8-27)37-25-11-9-24(10-12-25)36-26-6-5-14-34-19-26/h2-4,7-13,15,17-18,20,26,34,36H,5-6,14,16,19H2,1H3,(H,35,37,39). The van der Waals surface area contributed by atoms with E-state index in [2.05, 4.69) is 44.5 Å². The van der Waals surface area contributed by atoms with Crippen LogP contribution in [-0.4, -0.2) is 39.4 Å². The molecule has 0 saturated carbocycles. The van der Waals surface area contributed by atoms with E-state index >= 15 is 0 Å². The lowest BCUT2D eigenvalue weighted by molar-refractivity contribution is 0.480. The zero-order chi connectivity index (χ0) is 28.5. The number of piperidine rings is 1. The van der Waals surface area contributed by atoms with Crippen LogP contribution in [-0.2, 0) is 0 Å². The molecule has 0 amide bonds. The zero-order valence-corrected chi connectivity index (χ0v) is 24.1. The van der Waals surface area contributed by atoms with E-state index in [-0.39, 0.29) is 5.56 Å². The van der Waals surface area contributed by atoms with Crippen LogP contribution in [0.5, 0.6) is 0 Å². The molecule has 5 aromatic rings. The third-order valence-electron chi connectivity index (χ3n) is 7.76. The van der Waals surface area contributed by atoms with E-state index in [4.69, 9.17) is 9.98 Å².